The lowest BCUT2D eigenvalue weighted by atomic mass is 10.1. The average molecular weight is 294 g/mol. The largest absolute Gasteiger partial charge is 0.497 e. The lowest BCUT2D eigenvalue weighted by Crippen LogP contribution is -2.17. The molecule has 21 heavy (non-hydrogen) atoms. The maximum absolute atomic E-state index is 9.38. The second-order valence-corrected chi connectivity index (χ2v) is 5.52. The smallest absolute Gasteiger partial charge is 0.118 e. The first-order valence-corrected chi connectivity index (χ1v) is 8.15. The van der Waals surface area contributed by atoms with Crippen LogP contribution in [0, 0.1) is 0 Å². The Kier molecular flexibility index (Phi) is 9.92. The van der Waals surface area contributed by atoms with Crippen molar-refractivity contribution in [2.75, 3.05) is 13.7 Å². The third kappa shape index (κ3) is 8.08. The molecule has 0 amide bonds. The number of rotatable bonds is 12. The predicted octanol–water partition coefficient (Wildman–Crippen LogP) is 4.32. The van der Waals surface area contributed by atoms with E-state index in [0.29, 0.717) is 6.61 Å². The van der Waals surface area contributed by atoms with Gasteiger partial charge in [0.15, 0.2) is 0 Å². The van der Waals surface area contributed by atoms with Crippen LogP contribution in [0.3, 0.4) is 0 Å². The van der Waals surface area contributed by atoms with Crippen LogP contribution in [0.4, 0.5) is 0 Å². The third-order valence-corrected chi connectivity index (χ3v) is 3.73. The topological polar surface area (TPSA) is 38.7 Å². The van der Waals surface area contributed by atoms with Crippen LogP contribution in [0.15, 0.2) is 24.3 Å². The van der Waals surface area contributed by atoms with Crippen molar-refractivity contribution in [2.45, 2.75) is 64.6 Å². The van der Waals surface area contributed by atoms with Gasteiger partial charge in [0.1, 0.15) is 5.75 Å². The fourth-order valence-corrected chi connectivity index (χ4v) is 2.32. The van der Waals surface area contributed by atoms with Gasteiger partial charge >= 0.3 is 0 Å². The highest BCUT2D eigenvalue weighted by atomic mass is 16.5. The Morgan fingerprint density at radius 2 is 1.67 bits per heavy atom. The zero-order chi connectivity index (χ0) is 15.3. The molecule has 1 N–H and O–H groups in total. The minimum absolute atomic E-state index is 0.0433. The number of hydrogen-bond acceptors (Lipinski definition) is 3. The highest BCUT2D eigenvalue weighted by Gasteiger charge is 2.08. The number of unbranched alkanes of at least 4 members (excludes halogenated alkanes) is 5. The molecule has 0 saturated heterocycles. The van der Waals surface area contributed by atoms with Crippen LogP contribution in [0.1, 0.15) is 57.4 Å². The first-order valence-electron chi connectivity index (χ1n) is 8.15. The van der Waals surface area contributed by atoms with Gasteiger partial charge in [-0.15, -0.1) is 0 Å². The van der Waals surface area contributed by atoms with Crippen LogP contribution >= 0.6 is 0 Å². The van der Waals surface area contributed by atoms with E-state index in [-0.39, 0.29) is 12.7 Å². The van der Waals surface area contributed by atoms with Gasteiger partial charge in [-0.25, -0.2) is 0 Å². The molecule has 0 aliphatic rings. The van der Waals surface area contributed by atoms with E-state index in [4.69, 9.17) is 9.47 Å². The van der Waals surface area contributed by atoms with E-state index in [9.17, 15) is 5.11 Å². The lowest BCUT2D eigenvalue weighted by molar-refractivity contribution is -0.00349. The molecule has 0 radical (unpaired) electrons. The molecule has 120 valence electrons. The molecule has 0 aliphatic heterocycles. The highest BCUT2D eigenvalue weighted by Crippen LogP contribution is 2.15. The van der Waals surface area contributed by atoms with Gasteiger partial charge in [-0.1, -0.05) is 57.6 Å². The summed E-state index contributed by atoms with van der Waals surface area (Å²) in [5, 5.41) is 9.38. The van der Waals surface area contributed by atoms with Crippen LogP contribution in [0.5, 0.6) is 5.75 Å². The fraction of sp³-hybridized carbons (Fsp3) is 0.667. The number of aliphatic hydroxyl groups is 1. The number of methoxy groups -OCH3 is 1. The Bertz CT molecular complexity index is 348. The molecule has 3 heteroatoms. The molecule has 0 spiro atoms. The normalized spacial score (nSPS) is 12.3. The molecule has 0 aliphatic carbocycles. The van der Waals surface area contributed by atoms with E-state index in [1.54, 1.807) is 7.11 Å². The van der Waals surface area contributed by atoms with E-state index in [1.165, 1.54) is 32.1 Å². The van der Waals surface area contributed by atoms with Gasteiger partial charge in [0.05, 0.1) is 26.4 Å². The summed E-state index contributed by atoms with van der Waals surface area (Å²) >= 11 is 0. The third-order valence-electron chi connectivity index (χ3n) is 3.73. The Hall–Kier alpha value is -1.06. The Morgan fingerprint density at radius 1 is 1.00 bits per heavy atom. The Labute approximate surface area is 129 Å². The summed E-state index contributed by atoms with van der Waals surface area (Å²) in [6, 6.07) is 7.86. The van der Waals surface area contributed by atoms with Gasteiger partial charge in [-0.05, 0) is 24.1 Å². The van der Waals surface area contributed by atoms with Gasteiger partial charge in [-0.2, -0.15) is 0 Å². The van der Waals surface area contributed by atoms with Gasteiger partial charge in [0.25, 0.3) is 0 Å². The maximum Gasteiger partial charge on any atom is 0.118 e. The van der Waals surface area contributed by atoms with Gasteiger partial charge < -0.3 is 14.6 Å². The summed E-state index contributed by atoms with van der Waals surface area (Å²) in [7, 11) is 1.66. The van der Waals surface area contributed by atoms with E-state index in [2.05, 4.69) is 6.92 Å². The van der Waals surface area contributed by atoms with Crippen molar-refractivity contribution in [3.8, 4) is 5.75 Å². The first kappa shape index (κ1) is 18.0. The molecular formula is C18H30O3. The van der Waals surface area contributed by atoms with Crippen molar-refractivity contribution in [3.63, 3.8) is 0 Å². The molecule has 0 heterocycles. The van der Waals surface area contributed by atoms with Crippen LogP contribution in [0.25, 0.3) is 0 Å². The Balaban J connectivity index is 2.17. The van der Waals surface area contributed by atoms with Crippen LogP contribution in [-0.4, -0.2) is 24.9 Å². The number of aliphatic hydroxyl groups excluding tert-OH is 1. The summed E-state index contributed by atoms with van der Waals surface area (Å²) in [5.74, 6) is 0.851. The summed E-state index contributed by atoms with van der Waals surface area (Å²) in [4.78, 5) is 0. The number of benzene rings is 1. The molecule has 1 unspecified atom stereocenters. The van der Waals surface area contributed by atoms with Crippen molar-refractivity contribution >= 4 is 0 Å². The number of hydrogen-bond donors (Lipinski definition) is 1. The van der Waals surface area contributed by atoms with Crippen LogP contribution in [0.2, 0.25) is 0 Å². The molecule has 0 saturated carbocycles. The fourth-order valence-electron chi connectivity index (χ4n) is 2.32. The van der Waals surface area contributed by atoms with Crippen LogP contribution in [-0.2, 0) is 11.3 Å². The van der Waals surface area contributed by atoms with Gasteiger partial charge in [-0.3, -0.25) is 0 Å². The number of ether oxygens (including phenoxy) is 2. The second kappa shape index (κ2) is 11.6. The second-order valence-electron chi connectivity index (χ2n) is 5.52. The molecule has 1 aromatic carbocycles. The molecule has 1 rings (SSSR count). The minimum Gasteiger partial charge on any atom is -0.497 e. The van der Waals surface area contributed by atoms with Crippen LogP contribution < -0.4 is 4.74 Å². The van der Waals surface area contributed by atoms with Gasteiger partial charge in [0, 0.05) is 0 Å². The van der Waals surface area contributed by atoms with E-state index in [0.717, 1.165) is 24.2 Å². The zero-order valence-corrected chi connectivity index (χ0v) is 13.5. The molecular weight excluding hydrogens is 264 g/mol. The lowest BCUT2D eigenvalue weighted by Gasteiger charge is -2.15. The summed E-state index contributed by atoms with van der Waals surface area (Å²) < 4.78 is 10.9. The molecule has 1 atom stereocenters. The van der Waals surface area contributed by atoms with Crippen molar-refractivity contribution < 1.29 is 14.6 Å². The quantitative estimate of drug-likeness (QED) is 0.583. The highest BCUT2D eigenvalue weighted by molar-refractivity contribution is 5.26. The SMILES string of the molecule is CCCCCCCCC(CO)OCc1ccc(OC)cc1. The van der Waals surface area contributed by atoms with Crippen molar-refractivity contribution in [1.29, 1.82) is 0 Å². The van der Waals surface area contributed by atoms with E-state index in [1.807, 2.05) is 24.3 Å². The maximum atomic E-state index is 9.38. The standard InChI is InChI=1S/C18H30O3/c1-3-4-5-6-7-8-9-18(14-19)21-15-16-10-12-17(20-2)13-11-16/h10-13,18-19H,3-9,14-15H2,1-2H3. The first-order chi connectivity index (χ1) is 10.3. The summed E-state index contributed by atoms with van der Waals surface area (Å²) in [6.07, 6.45) is 8.51. The zero-order valence-electron chi connectivity index (χ0n) is 13.5. The minimum atomic E-state index is -0.0433. The molecule has 0 bridgehead atoms. The monoisotopic (exact) mass is 294 g/mol. The predicted molar refractivity (Wildman–Crippen MR) is 86.6 cm³/mol. The Morgan fingerprint density at radius 3 is 2.29 bits per heavy atom. The van der Waals surface area contributed by atoms with Gasteiger partial charge in [0.2, 0.25) is 0 Å². The molecule has 0 aromatic heterocycles. The average Bonchev–Trinajstić information content (AvgIpc) is 2.54. The van der Waals surface area contributed by atoms with E-state index >= 15 is 0 Å². The summed E-state index contributed by atoms with van der Waals surface area (Å²) in [6.45, 7) is 2.88. The van der Waals surface area contributed by atoms with Crippen molar-refractivity contribution in [2.24, 2.45) is 0 Å². The van der Waals surface area contributed by atoms with Crippen molar-refractivity contribution in [1.82, 2.24) is 0 Å². The molecule has 1 aromatic rings. The summed E-state index contributed by atoms with van der Waals surface area (Å²) in [5.41, 5.74) is 1.11. The van der Waals surface area contributed by atoms with Crippen molar-refractivity contribution in [3.05, 3.63) is 29.8 Å². The molecule has 3 nitrogen and oxygen atoms in total. The van der Waals surface area contributed by atoms with E-state index < -0.39 is 0 Å². The molecule has 0 fully saturated rings.